The lowest BCUT2D eigenvalue weighted by Gasteiger charge is -2.14. The molecule has 2 aromatic rings. The summed E-state index contributed by atoms with van der Waals surface area (Å²) in [5.41, 5.74) is 2.19. The molecule has 7 nitrogen and oxygen atoms in total. The number of hydrogen-bond acceptors (Lipinski definition) is 6. The molecular formula is C18H16IN3O4S. The molecule has 9 heteroatoms. The van der Waals surface area contributed by atoms with Crippen LogP contribution in [0.5, 0.6) is 0 Å². The Morgan fingerprint density at radius 2 is 2.19 bits per heavy atom. The van der Waals surface area contributed by atoms with Gasteiger partial charge in [-0.3, -0.25) is 10.1 Å². The molecule has 0 amide bonds. The lowest BCUT2D eigenvalue weighted by atomic mass is 10.0. The minimum absolute atomic E-state index is 0.323. The summed E-state index contributed by atoms with van der Waals surface area (Å²) in [6.07, 6.45) is 5.83. The molecule has 0 fully saturated rings. The molecule has 0 saturated carbocycles. The fourth-order valence-corrected chi connectivity index (χ4v) is 3.79. The summed E-state index contributed by atoms with van der Waals surface area (Å²) in [7, 11) is 0. The van der Waals surface area contributed by atoms with Crippen LogP contribution >= 0.6 is 33.9 Å². The molecule has 2 unspecified atom stereocenters. The van der Waals surface area contributed by atoms with Crippen molar-refractivity contribution >= 4 is 50.6 Å². The van der Waals surface area contributed by atoms with E-state index in [1.54, 1.807) is 23.6 Å². The first-order valence-electron chi connectivity index (χ1n) is 8.14. The predicted molar refractivity (Wildman–Crippen MR) is 113 cm³/mol. The molecule has 1 heterocycles. The Kier molecular flexibility index (Phi) is 6.22. The Bertz CT molecular complexity index is 908. The number of carbonyl (C=O) groups is 1. The molecule has 0 aliphatic heterocycles. The van der Waals surface area contributed by atoms with Crippen molar-refractivity contribution < 1.29 is 14.8 Å². The first-order valence-corrected chi connectivity index (χ1v) is 10.1. The topological polar surface area (TPSA) is 105 Å². The van der Waals surface area contributed by atoms with Gasteiger partial charge in [-0.15, -0.1) is 11.3 Å². The van der Waals surface area contributed by atoms with Gasteiger partial charge >= 0.3 is 5.97 Å². The number of nitrogens with one attached hydrogen (secondary N) is 1. The van der Waals surface area contributed by atoms with Gasteiger partial charge in [-0.1, -0.05) is 24.3 Å². The SMILES string of the molecule is O=C(O)C(Cc1ccc(I)cc1)Nc1nc(C2=CC([N+](=O)[O-])CC=C2)cs1. The maximum absolute atomic E-state index is 11.6. The highest BCUT2D eigenvalue weighted by Gasteiger charge is 2.22. The molecule has 1 aromatic carbocycles. The number of nitrogens with zero attached hydrogens (tertiary/aromatic N) is 2. The molecule has 1 aliphatic rings. The molecule has 1 aromatic heterocycles. The molecular weight excluding hydrogens is 481 g/mol. The minimum Gasteiger partial charge on any atom is -0.480 e. The maximum atomic E-state index is 11.6. The third-order valence-corrected chi connectivity index (χ3v) is 5.56. The van der Waals surface area contributed by atoms with E-state index in [-0.39, 0.29) is 4.92 Å². The van der Waals surface area contributed by atoms with E-state index in [2.05, 4.69) is 32.9 Å². The van der Waals surface area contributed by atoms with E-state index in [1.807, 2.05) is 24.3 Å². The van der Waals surface area contributed by atoms with Crippen LogP contribution in [0.1, 0.15) is 17.7 Å². The first kappa shape index (κ1) is 19.5. The van der Waals surface area contributed by atoms with Crippen LogP contribution in [0.3, 0.4) is 0 Å². The van der Waals surface area contributed by atoms with E-state index in [0.717, 1.165) is 9.13 Å². The van der Waals surface area contributed by atoms with Crippen LogP contribution in [0.4, 0.5) is 5.13 Å². The van der Waals surface area contributed by atoms with Gasteiger partial charge in [-0.05, 0) is 46.4 Å². The number of aliphatic carboxylic acids is 1. The summed E-state index contributed by atoms with van der Waals surface area (Å²) in [6.45, 7) is 0. The lowest BCUT2D eigenvalue weighted by Crippen LogP contribution is -2.31. The monoisotopic (exact) mass is 497 g/mol. The average molecular weight is 497 g/mol. The van der Waals surface area contributed by atoms with Crippen molar-refractivity contribution in [3.8, 4) is 0 Å². The van der Waals surface area contributed by atoms with Gasteiger partial charge in [0.05, 0.1) is 5.69 Å². The van der Waals surface area contributed by atoms with Crippen LogP contribution in [0, 0.1) is 13.7 Å². The number of hydrogen-bond donors (Lipinski definition) is 2. The van der Waals surface area contributed by atoms with Crippen molar-refractivity contribution in [2.75, 3.05) is 5.32 Å². The zero-order valence-corrected chi connectivity index (χ0v) is 17.0. The highest BCUT2D eigenvalue weighted by molar-refractivity contribution is 14.1. The number of rotatable bonds is 7. The largest absolute Gasteiger partial charge is 0.480 e. The van der Waals surface area contributed by atoms with Crippen LogP contribution in [0.15, 0.2) is 47.9 Å². The van der Waals surface area contributed by atoms with Crippen molar-refractivity contribution in [1.82, 2.24) is 4.98 Å². The zero-order chi connectivity index (χ0) is 19.4. The summed E-state index contributed by atoms with van der Waals surface area (Å²) in [5.74, 6) is -0.963. The first-order chi connectivity index (χ1) is 12.9. The van der Waals surface area contributed by atoms with Crippen LogP contribution in [0.2, 0.25) is 0 Å². The lowest BCUT2D eigenvalue weighted by molar-refractivity contribution is -0.508. The molecule has 2 N–H and O–H groups in total. The molecule has 2 atom stereocenters. The third-order valence-electron chi connectivity index (χ3n) is 4.07. The summed E-state index contributed by atoms with van der Waals surface area (Å²) in [5, 5.41) is 25.7. The Balaban J connectivity index is 1.73. The van der Waals surface area contributed by atoms with E-state index >= 15 is 0 Å². The van der Waals surface area contributed by atoms with Gasteiger partial charge < -0.3 is 10.4 Å². The van der Waals surface area contributed by atoms with Crippen molar-refractivity contribution in [1.29, 1.82) is 0 Å². The minimum atomic E-state index is -0.963. The van der Waals surface area contributed by atoms with Crippen molar-refractivity contribution in [3.63, 3.8) is 0 Å². The molecule has 0 saturated heterocycles. The highest BCUT2D eigenvalue weighted by atomic mass is 127. The normalized spacial score (nSPS) is 17.2. The van der Waals surface area contributed by atoms with E-state index in [4.69, 9.17) is 0 Å². The van der Waals surface area contributed by atoms with E-state index in [1.165, 1.54) is 11.3 Å². The molecule has 1 aliphatic carbocycles. The van der Waals surface area contributed by atoms with Gasteiger partial charge in [-0.25, -0.2) is 9.78 Å². The number of aromatic nitrogens is 1. The summed E-state index contributed by atoms with van der Waals surface area (Å²) < 4.78 is 1.09. The van der Waals surface area contributed by atoms with Crippen LogP contribution < -0.4 is 5.32 Å². The smallest absolute Gasteiger partial charge is 0.326 e. The Morgan fingerprint density at radius 1 is 1.44 bits per heavy atom. The number of thiazole rings is 1. The van der Waals surface area contributed by atoms with Gasteiger partial charge in [0, 0.05) is 32.3 Å². The van der Waals surface area contributed by atoms with E-state index in [0.29, 0.717) is 29.2 Å². The molecule has 3 rings (SSSR count). The quantitative estimate of drug-likeness (QED) is 0.342. The Labute approximate surface area is 173 Å². The number of nitro groups is 1. The van der Waals surface area contributed by atoms with Crippen molar-refractivity contribution in [3.05, 3.63) is 72.8 Å². The van der Waals surface area contributed by atoms with Gasteiger partial charge in [0.1, 0.15) is 6.04 Å². The second kappa shape index (κ2) is 8.61. The summed E-state index contributed by atoms with van der Waals surface area (Å²) in [4.78, 5) is 26.7. The standard InChI is InChI=1S/C18H16IN3O4S/c19-13-6-4-11(5-7-13)8-15(17(23)24)20-18-21-16(10-27-18)12-2-1-3-14(9-12)22(25)26/h1-2,4-7,9-10,14-15H,3,8H2,(H,20,21)(H,23,24). The number of benzene rings is 1. The molecule has 0 spiro atoms. The molecule has 140 valence electrons. The van der Waals surface area contributed by atoms with Gasteiger partial charge in [0.15, 0.2) is 5.13 Å². The number of carboxylic acid groups (broad SMARTS) is 1. The second-order valence-corrected chi connectivity index (χ2v) is 8.12. The van der Waals surface area contributed by atoms with E-state index in [9.17, 15) is 20.0 Å². The summed E-state index contributed by atoms with van der Waals surface area (Å²) in [6, 6.07) is 6.11. The number of halogens is 1. The second-order valence-electron chi connectivity index (χ2n) is 6.02. The summed E-state index contributed by atoms with van der Waals surface area (Å²) >= 11 is 3.48. The van der Waals surface area contributed by atoms with Gasteiger partial charge in [-0.2, -0.15) is 0 Å². The van der Waals surface area contributed by atoms with Gasteiger partial charge in [0.25, 0.3) is 0 Å². The van der Waals surface area contributed by atoms with Crippen molar-refractivity contribution in [2.45, 2.75) is 24.9 Å². The Morgan fingerprint density at radius 3 is 2.85 bits per heavy atom. The zero-order valence-electron chi connectivity index (χ0n) is 14.0. The van der Waals surface area contributed by atoms with Crippen molar-refractivity contribution in [2.24, 2.45) is 0 Å². The molecule has 27 heavy (non-hydrogen) atoms. The average Bonchev–Trinajstić information content (AvgIpc) is 3.11. The molecule has 0 radical (unpaired) electrons. The van der Waals surface area contributed by atoms with Crippen LogP contribution in [0.25, 0.3) is 5.57 Å². The van der Waals surface area contributed by atoms with Gasteiger partial charge in [0.2, 0.25) is 6.04 Å². The van der Waals surface area contributed by atoms with Crippen LogP contribution in [-0.2, 0) is 11.2 Å². The fourth-order valence-electron chi connectivity index (χ4n) is 2.66. The number of anilines is 1. The Hall–Kier alpha value is -2.27. The maximum Gasteiger partial charge on any atom is 0.326 e. The predicted octanol–water partition coefficient (Wildman–Crippen LogP) is 3.84. The highest BCUT2D eigenvalue weighted by Crippen LogP contribution is 2.27. The van der Waals surface area contributed by atoms with Crippen LogP contribution in [-0.4, -0.2) is 33.1 Å². The number of carboxylic acids is 1. The third kappa shape index (κ3) is 5.13. The van der Waals surface area contributed by atoms with E-state index < -0.39 is 18.1 Å². The molecule has 0 bridgehead atoms. The fraction of sp³-hybridized carbons (Fsp3) is 0.222. The number of allylic oxidation sites excluding steroid dienone is 2.